The fraction of sp³-hybridized carbons (Fsp3) is 0.667. The predicted octanol–water partition coefficient (Wildman–Crippen LogP) is 3.27. The quantitative estimate of drug-likeness (QED) is 0.921. The number of aryl methyl sites for hydroxylation is 1. The molecule has 3 nitrogen and oxygen atoms in total. The van der Waals surface area contributed by atoms with E-state index in [-0.39, 0.29) is 5.54 Å². The van der Waals surface area contributed by atoms with Gasteiger partial charge in [0.25, 0.3) is 0 Å². The molecule has 1 fully saturated rings. The molecule has 21 heavy (non-hydrogen) atoms. The van der Waals surface area contributed by atoms with Gasteiger partial charge in [-0.1, -0.05) is 19.9 Å². The molecule has 1 aliphatic heterocycles. The molecule has 2 rings (SSSR count). The lowest BCUT2D eigenvalue weighted by molar-refractivity contribution is 0.277. The topological polar surface area (TPSA) is 18.5 Å². The van der Waals surface area contributed by atoms with Crippen LogP contribution in [-0.2, 0) is 0 Å². The number of rotatable bonds is 3. The lowest BCUT2D eigenvalue weighted by Gasteiger charge is -2.47. The summed E-state index contributed by atoms with van der Waals surface area (Å²) in [4.78, 5) is 4.80. The molecule has 0 spiro atoms. The SMILES string of the molecule is Cc1ccc(N2CC(C)(C)NCC2C(C)C)cc1N(C)C. The summed E-state index contributed by atoms with van der Waals surface area (Å²) < 4.78 is 0. The molecule has 0 amide bonds. The molecule has 3 heteroatoms. The Kier molecular flexibility index (Phi) is 4.52. The Morgan fingerprint density at radius 2 is 1.95 bits per heavy atom. The average molecular weight is 289 g/mol. The van der Waals surface area contributed by atoms with Crippen molar-refractivity contribution in [3.8, 4) is 0 Å². The van der Waals surface area contributed by atoms with Gasteiger partial charge in [-0.25, -0.2) is 0 Å². The monoisotopic (exact) mass is 289 g/mol. The van der Waals surface area contributed by atoms with Crippen molar-refractivity contribution in [2.45, 2.75) is 46.2 Å². The van der Waals surface area contributed by atoms with E-state index in [1.807, 2.05) is 0 Å². The van der Waals surface area contributed by atoms with Crippen molar-refractivity contribution in [1.29, 1.82) is 0 Å². The molecule has 0 aliphatic carbocycles. The summed E-state index contributed by atoms with van der Waals surface area (Å²) in [5, 5.41) is 3.69. The number of hydrogen-bond acceptors (Lipinski definition) is 3. The van der Waals surface area contributed by atoms with Crippen LogP contribution < -0.4 is 15.1 Å². The van der Waals surface area contributed by atoms with E-state index in [1.54, 1.807) is 0 Å². The summed E-state index contributed by atoms with van der Waals surface area (Å²) in [5.41, 5.74) is 4.15. The third-order valence-electron chi connectivity index (χ3n) is 4.53. The number of benzene rings is 1. The van der Waals surface area contributed by atoms with Crippen LogP contribution in [0.2, 0.25) is 0 Å². The van der Waals surface area contributed by atoms with Gasteiger partial charge < -0.3 is 15.1 Å². The molecular formula is C18H31N3. The zero-order valence-corrected chi connectivity index (χ0v) is 14.7. The van der Waals surface area contributed by atoms with Gasteiger partial charge in [-0.05, 0) is 44.4 Å². The molecule has 1 aromatic carbocycles. The van der Waals surface area contributed by atoms with Crippen LogP contribution in [0.5, 0.6) is 0 Å². The third-order valence-corrected chi connectivity index (χ3v) is 4.53. The van der Waals surface area contributed by atoms with E-state index in [0.29, 0.717) is 12.0 Å². The maximum atomic E-state index is 3.69. The predicted molar refractivity (Wildman–Crippen MR) is 93.6 cm³/mol. The lowest BCUT2D eigenvalue weighted by Crippen LogP contribution is -2.63. The number of nitrogens with one attached hydrogen (secondary N) is 1. The van der Waals surface area contributed by atoms with Crippen LogP contribution in [0.1, 0.15) is 33.3 Å². The van der Waals surface area contributed by atoms with E-state index >= 15 is 0 Å². The summed E-state index contributed by atoms with van der Waals surface area (Å²) in [5.74, 6) is 0.637. The second-order valence-corrected chi connectivity index (χ2v) is 7.57. The van der Waals surface area contributed by atoms with Crippen molar-refractivity contribution >= 4 is 11.4 Å². The molecular weight excluding hydrogens is 258 g/mol. The summed E-state index contributed by atoms with van der Waals surface area (Å²) in [6.45, 7) is 13.5. The molecule has 1 saturated heterocycles. The normalized spacial score (nSPS) is 21.7. The number of anilines is 2. The molecule has 0 radical (unpaired) electrons. The summed E-state index contributed by atoms with van der Waals surface area (Å²) >= 11 is 0. The maximum absolute atomic E-state index is 3.69. The third kappa shape index (κ3) is 3.52. The van der Waals surface area contributed by atoms with Gasteiger partial charge in [0.05, 0.1) is 0 Å². The summed E-state index contributed by atoms with van der Waals surface area (Å²) in [6.07, 6.45) is 0. The Morgan fingerprint density at radius 3 is 2.52 bits per heavy atom. The van der Waals surface area contributed by atoms with Crippen LogP contribution in [0.4, 0.5) is 11.4 Å². The van der Waals surface area contributed by atoms with Gasteiger partial charge >= 0.3 is 0 Å². The van der Waals surface area contributed by atoms with Crippen LogP contribution in [0, 0.1) is 12.8 Å². The fourth-order valence-electron chi connectivity index (χ4n) is 3.23. The second kappa shape index (κ2) is 5.88. The highest BCUT2D eigenvalue weighted by atomic mass is 15.3. The second-order valence-electron chi connectivity index (χ2n) is 7.57. The first-order chi connectivity index (χ1) is 9.71. The van der Waals surface area contributed by atoms with Crippen LogP contribution >= 0.6 is 0 Å². The smallest absolute Gasteiger partial charge is 0.0438 e. The van der Waals surface area contributed by atoms with Crippen LogP contribution in [-0.4, -0.2) is 38.8 Å². The molecule has 1 aromatic rings. The standard InChI is InChI=1S/C18H31N3/c1-13(2)17-11-19-18(4,5)12-21(17)15-9-8-14(3)16(10-15)20(6)7/h8-10,13,17,19H,11-12H2,1-7H3. The van der Waals surface area contributed by atoms with Gasteiger partial charge in [-0.15, -0.1) is 0 Å². The highest BCUT2D eigenvalue weighted by molar-refractivity contribution is 5.63. The van der Waals surface area contributed by atoms with Gasteiger partial charge in [-0.3, -0.25) is 0 Å². The zero-order valence-electron chi connectivity index (χ0n) is 14.7. The zero-order chi connectivity index (χ0) is 15.8. The molecule has 1 aliphatic rings. The van der Waals surface area contributed by atoms with Gasteiger partial charge in [0, 0.05) is 50.1 Å². The Morgan fingerprint density at radius 1 is 1.29 bits per heavy atom. The fourth-order valence-corrected chi connectivity index (χ4v) is 3.23. The number of piperazine rings is 1. The molecule has 1 heterocycles. The molecule has 1 unspecified atom stereocenters. The minimum Gasteiger partial charge on any atom is -0.377 e. The van der Waals surface area contributed by atoms with E-state index in [9.17, 15) is 0 Å². The van der Waals surface area contributed by atoms with Gasteiger partial charge in [0.1, 0.15) is 0 Å². The van der Waals surface area contributed by atoms with E-state index in [4.69, 9.17) is 0 Å². The van der Waals surface area contributed by atoms with E-state index < -0.39 is 0 Å². The Bertz CT molecular complexity index is 491. The molecule has 0 bridgehead atoms. The van der Waals surface area contributed by atoms with Crippen LogP contribution in [0.15, 0.2) is 18.2 Å². The highest BCUT2D eigenvalue weighted by Gasteiger charge is 2.34. The van der Waals surface area contributed by atoms with Gasteiger partial charge in [0.15, 0.2) is 0 Å². The first-order valence-corrected chi connectivity index (χ1v) is 8.01. The Hall–Kier alpha value is -1.22. The summed E-state index contributed by atoms with van der Waals surface area (Å²) in [7, 11) is 4.24. The Balaban J connectivity index is 2.38. The number of nitrogens with zero attached hydrogens (tertiary/aromatic N) is 2. The van der Waals surface area contributed by atoms with Crippen molar-refractivity contribution in [2.24, 2.45) is 5.92 Å². The van der Waals surface area contributed by atoms with Crippen molar-refractivity contribution in [3.63, 3.8) is 0 Å². The average Bonchev–Trinajstić information content (AvgIpc) is 2.37. The van der Waals surface area contributed by atoms with Crippen molar-refractivity contribution < 1.29 is 0 Å². The first-order valence-electron chi connectivity index (χ1n) is 8.01. The largest absolute Gasteiger partial charge is 0.377 e. The minimum absolute atomic E-state index is 0.161. The van der Waals surface area contributed by atoms with Crippen LogP contribution in [0.25, 0.3) is 0 Å². The molecule has 0 aromatic heterocycles. The van der Waals surface area contributed by atoms with Gasteiger partial charge in [-0.2, -0.15) is 0 Å². The molecule has 1 atom stereocenters. The van der Waals surface area contributed by atoms with E-state index in [2.05, 4.69) is 82.0 Å². The molecule has 118 valence electrons. The van der Waals surface area contributed by atoms with Crippen molar-refractivity contribution in [2.75, 3.05) is 37.0 Å². The maximum Gasteiger partial charge on any atom is 0.0438 e. The molecule has 1 N–H and O–H groups in total. The van der Waals surface area contributed by atoms with Crippen LogP contribution in [0.3, 0.4) is 0 Å². The minimum atomic E-state index is 0.161. The summed E-state index contributed by atoms with van der Waals surface area (Å²) in [6, 6.07) is 7.42. The highest BCUT2D eigenvalue weighted by Crippen LogP contribution is 2.31. The first kappa shape index (κ1) is 16.2. The van der Waals surface area contributed by atoms with Crippen molar-refractivity contribution in [1.82, 2.24) is 5.32 Å². The lowest BCUT2D eigenvalue weighted by atomic mass is 9.92. The van der Waals surface area contributed by atoms with Gasteiger partial charge in [0.2, 0.25) is 0 Å². The van der Waals surface area contributed by atoms with E-state index in [0.717, 1.165) is 13.1 Å². The Labute approximate surface area is 130 Å². The van der Waals surface area contributed by atoms with E-state index in [1.165, 1.54) is 16.9 Å². The number of hydrogen-bond donors (Lipinski definition) is 1. The van der Waals surface area contributed by atoms with Crippen molar-refractivity contribution in [3.05, 3.63) is 23.8 Å². The molecule has 0 saturated carbocycles.